The molecule has 0 aliphatic carbocycles. The zero-order valence-electron chi connectivity index (χ0n) is 11.7. The molecule has 0 radical (unpaired) electrons. The fourth-order valence-electron chi connectivity index (χ4n) is 1.88. The molecule has 4 N–H and O–H groups in total. The molecule has 22 heavy (non-hydrogen) atoms. The van der Waals surface area contributed by atoms with Gasteiger partial charge in [-0.15, -0.1) is 0 Å². The van der Waals surface area contributed by atoms with Crippen molar-refractivity contribution in [3.8, 4) is 11.3 Å². The van der Waals surface area contributed by atoms with Crippen molar-refractivity contribution in [1.29, 1.82) is 0 Å². The van der Waals surface area contributed by atoms with Crippen molar-refractivity contribution in [3.05, 3.63) is 48.2 Å². The van der Waals surface area contributed by atoms with Gasteiger partial charge in [0.2, 0.25) is 0 Å². The minimum atomic E-state index is -3.57. The van der Waals surface area contributed by atoms with Crippen molar-refractivity contribution < 1.29 is 13.2 Å². The second-order valence-electron chi connectivity index (χ2n) is 4.54. The molecule has 1 aromatic carbocycles. The van der Waals surface area contributed by atoms with Gasteiger partial charge >= 0.3 is 0 Å². The summed E-state index contributed by atoms with van der Waals surface area (Å²) in [5.74, 6) is -1.10. The molecule has 8 heteroatoms. The second kappa shape index (κ2) is 5.94. The number of hydrogen-bond donors (Lipinski definition) is 2. The van der Waals surface area contributed by atoms with Crippen LogP contribution in [0.3, 0.4) is 0 Å². The second-order valence-corrected chi connectivity index (χ2v) is 6.52. The lowest BCUT2D eigenvalue weighted by atomic mass is 10.1. The molecule has 2 aromatic rings. The van der Waals surface area contributed by atoms with Gasteiger partial charge in [0.05, 0.1) is 10.6 Å². The summed E-state index contributed by atoms with van der Waals surface area (Å²) in [5, 5.41) is 0. The van der Waals surface area contributed by atoms with Gasteiger partial charge < -0.3 is 11.5 Å². The highest BCUT2D eigenvalue weighted by molar-refractivity contribution is 7.90. The van der Waals surface area contributed by atoms with Crippen LogP contribution in [-0.2, 0) is 9.84 Å². The number of aromatic nitrogens is 1. The van der Waals surface area contributed by atoms with Crippen molar-refractivity contribution in [2.75, 3.05) is 6.26 Å². The molecule has 0 bridgehead atoms. The van der Waals surface area contributed by atoms with Crippen LogP contribution in [0.25, 0.3) is 11.3 Å². The molecule has 0 aliphatic rings. The molecule has 1 heterocycles. The molecule has 0 saturated carbocycles. The number of carbonyl (C=O) groups is 1. The summed E-state index contributed by atoms with van der Waals surface area (Å²) in [6.07, 6.45) is 2.61. The number of hydrogen-bond acceptors (Lipinski definition) is 4. The molecule has 0 saturated heterocycles. The van der Waals surface area contributed by atoms with E-state index in [1.165, 1.54) is 18.2 Å². The van der Waals surface area contributed by atoms with Crippen molar-refractivity contribution in [2.45, 2.75) is 4.90 Å². The zero-order chi connectivity index (χ0) is 16.3. The summed E-state index contributed by atoms with van der Waals surface area (Å²) in [4.78, 5) is 19.3. The number of nitrogens with two attached hydrogens (primary N) is 2. The van der Waals surface area contributed by atoms with E-state index in [1.807, 2.05) is 0 Å². The molecular weight excluding hydrogens is 304 g/mol. The van der Waals surface area contributed by atoms with E-state index in [-0.39, 0.29) is 16.4 Å². The van der Waals surface area contributed by atoms with E-state index in [0.717, 1.165) is 6.26 Å². The van der Waals surface area contributed by atoms with Crippen LogP contribution in [-0.4, -0.2) is 31.5 Å². The number of carbonyl (C=O) groups excluding carboxylic acids is 1. The van der Waals surface area contributed by atoms with Crippen molar-refractivity contribution in [3.63, 3.8) is 0 Å². The Morgan fingerprint density at radius 3 is 2.45 bits per heavy atom. The third-order valence-corrected chi connectivity index (χ3v) is 3.94. The maximum absolute atomic E-state index is 12.0. The summed E-state index contributed by atoms with van der Waals surface area (Å²) in [6.45, 7) is 0. The molecule has 114 valence electrons. The van der Waals surface area contributed by atoms with Crippen LogP contribution >= 0.6 is 0 Å². The largest absolute Gasteiger partial charge is 0.370 e. The standard InChI is InChI=1S/C14H14N4O3S/c1-22(20,21)12-8-9(13(19)18-14(15)16)5-6-10(12)11-4-2-3-7-17-11/h2-8H,1H3,(H4,15,16,18,19). The van der Waals surface area contributed by atoms with Gasteiger partial charge in [0, 0.05) is 23.6 Å². The fourth-order valence-corrected chi connectivity index (χ4v) is 2.79. The molecule has 2 rings (SSSR count). The number of sulfone groups is 1. The van der Waals surface area contributed by atoms with Crippen molar-refractivity contribution in [1.82, 2.24) is 4.98 Å². The van der Waals surface area contributed by atoms with Crippen molar-refractivity contribution >= 4 is 21.7 Å². The smallest absolute Gasteiger partial charge is 0.280 e. The predicted octanol–water partition coefficient (Wildman–Crippen LogP) is 0.566. The zero-order valence-corrected chi connectivity index (χ0v) is 12.5. The number of benzene rings is 1. The topological polar surface area (TPSA) is 128 Å². The third kappa shape index (κ3) is 3.47. The van der Waals surface area contributed by atoms with Gasteiger partial charge in [-0.3, -0.25) is 9.78 Å². The molecule has 0 spiro atoms. The van der Waals surface area contributed by atoms with Crippen LogP contribution in [0, 0.1) is 0 Å². The van der Waals surface area contributed by atoms with E-state index < -0.39 is 15.7 Å². The summed E-state index contributed by atoms with van der Waals surface area (Å²) in [7, 11) is -3.57. The molecule has 0 aliphatic heterocycles. The molecule has 7 nitrogen and oxygen atoms in total. The van der Waals surface area contributed by atoms with E-state index in [2.05, 4.69) is 9.98 Å². The normalized spacial score (nSPS) is 11.0. The Balaban J connectivity index is 2.64. The highest BCUT2D eigenvalue weighted by atomic mass is 32.2. The first-order chi connectivity index (χ1) is 10.3. The molecule has 0 fully saturated rings. The quantitative estimate of drug-likeness (QED) is 0.628. The average molecular weight is 318 g/mol. The Morgan fingerprint density at radius 1 is 1.18 bits per heavy atom. The van der Waals surface area contributed by atoms with Gasteiger partial charge in [0.15, 0.2) is 15.8 Å². The van der Waals surface area contributed by atoms with E-state index in [4.69, 9.17) is 11.5 Å². The molecule has 1 aromatic heterocycles. The van der Waals surface area contributed by atoms with Crippen LogP contribution in [0.15, 0.2) is 52.5 Å². The Labute approximate surface area is 127 Å². The number of amides is 1. The first-order valence-electron chi connectivity index (χ1n) is 6.18. The van der Waals surface area contributed by atoms with E-state index in [9.17, 15) is 13.2 Å². The van der Waals surface area contributed by atoms with Crippen LogP contribution in [0.2, 0.25) is 0 Å². The molecule has 0 atom stereocenters. The summed E-state index contributed by atoms with van der Waals surface area (Å²) in [6, 6.07) is 9.35. The third-order valence-electron chi connectivity index (χ3n) is 2.80. The number of pyridine rings is 1. The Morgan fingerprint density at radius 2 is 1.91 bits per heavy atom. The summed E-state index contributed by atoms with van der Waals surface area (Å²) >= 11 is 0. The number of guanidine groups is 1. The number of nitrogens with zero attached hydrogens (tertiary/aromatic N) is 2. The molecular formula is C14H14N4O3S. The number of aliphatic imine (C=N–C) groups is 1. The maximum atomic E-state index is 12.0. The molecule has 0 unspecified atom stereocenters. The number of rotatable bonds is 3. The van der Waals surface area contributed by atoms with E-state index in [1.54, 1.807) is 24.4 Å². The lowest BCUT2D eigenvalue weighted by Gasteiger charge is -2.09. The lowest BCUT2D eigenvalue weighted by molar-refractivity contribution is 0.100. The Bertz CT molecular complexity index is 842. The molecule has 1 amide bonds. The van der Waals surface area contributed by atoms with Gasteiger partial charge in [0.1, 0.15) is 0 Å². The average Bonchev–Trinajstić information content (AvgIpc) is 2.46. The minimum absolute atomic E-state index is 0.0113. The summed E-state index contributed by atoms with van der Waals surface area (Å²) in [5.41, 5.74) is 11.3. The monoisotopic (exact) mass is 318 g/mol. The SMILES string of the molecule is CS(=O)(=O)c1cc(C(=O)N=C(N)N)ccc1-c1ccccn1. The van der Waals surface area contributed by atoms with E-state index >= 15 is 0 Å². The lowest BCUT2D eigenvalue weighted by Crippen LogP contribution is -2.24. The predicted molar refractivity (Wildman–Crippen MR) is 82.9 cm³/mol. The van der Waals surface area contributed by atoms with Crippen LogP contribution in [0.4, 0.5) is 0 Å². The van der Waals surface area contributed by atoms with Gasteiger partial charge in [0.25, 0.3) is 5.91 Å². The highest BCUT2D eigenvalue weighted by Crippen LogP contribution is 2.27. The summed E-state index contributed by atoms with van der Waals surface area (Å²) < 4.78 is 24.0. The van der Waals surface area contributed by atoms with Gasteiger partial charge in [-0.2, -0.15) is 4.99 Å². The van der Waals surface area contributed by atoms with Gasteiger partial charge in [-0.1, -0.05) is 12.1 Å². The Kier molecular flexibility index (Phi) is 4.22. The van der Waals surface area contributed by atoms with Crippen LogP contribution in [0.1, 0.15) is 10.4 Å². The fraction of sp³-hybridized carbons (Fsp3) is 0.0714. The van der Waals surface area contributed by atoms with Crippen LogP contribution in [0.5, 0.6) is 0 Å². The minimum Gasteiger partial charge on any atom is -0.370 e. The van der Waals surface area contributed by atoms with Crippen LogP contribution < -0.4 is 11.5 Å². The first-order valence-corrected chi connectivity index (χ1v) is 8.07. The maximum Gasteiger partial charge on any atom is 0.280 e. The van der Waals surface area contributed by atoms with Gasteiger partial charge in [-0.25, -0.2) is 8.42 Å². The first kappa shape index (κ1) is 15.6. The Hall–Kier alpha value is -2.74. The van der Waals surface area contributed by atoms with Gasteiger partial charge in [-0.05, 0) is 24.3 Å². The van der Waals surface area contributed by atoms with Crippen molar-refractivity contribution in [2.24, 2.45) is 16.5 Å². The van der Waals surface area contributed by atoms with E-state index in [0.29, 0.717) is 11.3 Å². The highest BCUT2D eigenvalue weighted by Gasteiger charge is 2.18.